The molecule has 0 fully saturated rings. The number of hydrogen-bond donors (Lipinski definition) is 2. The number of fused-ring (bicyclic) bond motifs is 1. The van der Waals surface area contributed by atoms with Crippen LogP contribution in [0.1, 0.15) is 28.0 Å². The van der Waals surface area contributed by atoms with E-state index < -0.39 is 0 Å². The molecule has 0 spiro atoms. The quantitative estimate of drug-likeness (QED) is 0.584. The van der Waals surface area contributed by atoms with E-state index in [0.29, 0.717) is 23.1 Å². The molecule has 0 saturated heterocycles. The molecular weight excluding hydrogens is 272 g/mol. The first-order chi connectivity index (χ1) is 10.1. The third-order valence-electron chi connectivity index (χ3n) is 3.55. The fraction of sp³-hybridized carbons (Fsp3) is 0.286. The molecule has 1 atom stereocenters. The van der Waals surface area contributed by atoms with Crippen LogP contribution in [0.5, 0.6) is 0 Å². The number of H-pyrrole nitrogens is 1. The molecule has 3 rings (SSSR count). The minimum absolute atomic E-state index is 0.0612. The summed E-state index contributed by atoms with van der Waals surface area (Å²) in [5.41, 5.74) is 1.82. The van der Waals surface area contributed by atoms with Gasteiger partial charge >= 0.3 is 0 Å². The van der Waals surface area contributed by atoms with E-state index in [1.807, 2.05) is 0 Å². The summed E-state index contributed by atoms with van der Waals surface area (Å²) in [4.78, 5) is 23.4. The van der Waals surface area contributed by atoms with Crippen LogP contribution >= 0.6 is 0 Å². The molecular formula is C14H14N4O3. The molecule has 2 aromatic rings. The lowest BCUT2D eigenvalue weighted by Crippen LogP contribution is -2.40. The second-order valence-electron chi connectivity index (χ2n) is 5.07. The summed E-state index contributed by atoms with van der Waals surface area (Å²) in [6.07, 6.45) is 4.58. The van der Waals surface area contributed by atoms with Crippen LogP contribution in [0.2, 0.25) is 0 Å². The third kappa shape index (κ3) is 2.91. The number of pyridine rings is 1. The summed E-state index contributed by atoms with van der Waals surface area (Å²) >= 11 is 0. The third-order valence-corrected chi connectivity index (χ3v) is 3.55. The van der Waals surface area contributed by atoms with Gasteiger partial charge in [-0.3, -0.25) is 9.59 Å². The van der Waals surface area contributed by atoms with Gasteiger partial charge in [0, 0.05) is 18.2 Å². The van der Waals surface area contributed by atoms with Gasteiger partial charge in [0.2, 0.25) is 0 Å². The van der Waals surface area contributed by atoms with Gasteiger partial charge < -0.3 is 10.5 Å². The average Bonchev–Trinajstić information content (AvgIpc) is 2.46. The van der Waals surface area contributed by atoms with Gasteiger partial charge in [0.15, 0.2) is 12.4 Å². The van der Waals surface area contributed by atoms with Crippen LogP contribution in [-0.4, -0.2) is 22.1 Å². The van der Waals surface area contributed by atoms with Gasteiger partial charge in [0.05, 0.1) is 5.69 Å². The number of aryl methyl sites for hydroxylation is 1. The number of carbonyl (C=O) groups excluding carboxylic acids is 1. The van der Waals surface area contributed by atoms with Crippen molar-refractivity contribution in [2.45, 2.75) is 25.3 Å². The standard InChI is InChI=1S/C14H14N4O3/c19-13-7-10-6-11(3-4-12(10)16-17-13)15-14(20)9-2-1-5-18(21)8-9/h1-2,5,7-8,11H,3-4,6H2,(H,15,20)(H,17,19). The monoisotopic (exact) mass is 286 g/mol. The molecule has 108 valence electrons. The van der Waals surface area contributed by atoms with Crippen LogP contribution in [0, 0.1) is 5.21 Å². The number of hydrogen-bond acceptors (Lipinski definition) is 4. The Morgan fingerprint density at radius 1 is 1.52 bits per heavy atom. The van der Waals surface area contributed by atoms with E-state index in [9.17, 15) is 14.8 Å². The zero-order valence-electron chi connectivity index (χ0n) is 11.2. The molecule has 2 heterocycles. The molecule has 7 nitrogen and oxygen atoms in total. The Labute approximate surface area is 120 Å². The summed E-state index contributed by atoms with van der Waals surface area (Å²) < 4.78 is 0.592. The predicted octanol–water partition coefficient (Wildman–Crippen LogP) is -0.309. The molecule has 0 bridgehead atoms. The summed E-state index contributed by atoms with van der Waals surface area (Å²) in [6.45, 7) is 0. The molecule has 2 aromatic heterocycles. The van der Waals surface area contributed by atoms with Gasteiger partial charge in [-0.15, -0.1) is 0 Å². The number of rotatable bonds is 2. The minimum Gasteiger partial charge on any atom is -0.619 e. The number of nitrogens with one attached hydrogen (secondary N) is 2. The minimum atomic E-state index is -0.286. The van der Waals surface area contributed by atoms with Crippen molar-refractivity contribution < 1.29 is 9.52 Å². The Kier molecular flexibility index (Phi) is 3.39. The number of amides is 1. The highest BCUT2D eigenvalue weighted by Gasteiger charge is 2.22. The Morgan fingerprint density at radius 3 is 3.19 bits per heavy atom. The van der Waals surface area contributed by atoms with E-state index in [4.69, 9.17) is 0 Å². The van der Waals surface area contributed by atoms with Gasteiger partial charge in [0.1, 0.15) is 5.56 Å². The smallest absolute Gasteiger partial charge is 0.264 e. The van der Waals surface area contributed by atoms with Crippen molar-refractivity contribution in [2.75, 3.05) is 0 Å². The molecule has 0 saturated carbocycles. The summed E-state index contributed by atoms with van der Waals surface area (Å²) in [6, 6.07) is 4.58. The molecule has 0 aromatic carbocycles. The molecule has 7 heteroatoms. The van der Waals surface area contributed by atoms with Crippen molar-refractivity contribution in [3.8, 4) is 0 Å². The van der Waals surface area contributed by atoms with Crippen LogP contribution in [0.15, 0.2) is 35.4 Å². The van der Waals surface area contributed by atoms with E-state index in [2.05, 4.69) is 15.5 Å². The molecule has 1 aliphatic carbocycles. The van der Waals surface area contributed by atoms with Gasteiger partial charge in [-0.1, -0.05) is 0 Å². The van der Waals surface area contributed by atoms with Gasteiger partial charge in [-0.05, 0) is 30.9 Å². The second-order valence-corrected chi connectivity index (χ2v) is 5.07. The summed E-state index contributed by atoms with van der Waals surface area (Å²) in [5.74, 6) is -0.286. The highest BCUT2D eigenvalue weighted by molar-refractivity contribution is 5.93. The van der Waals surface area contributed by atoms with Crippen LogP contribution in [0.25, 0.3) is 0 Å². The SMILES string of the molecule is O=C(NC1CCc2n[nH]c(=O)cc2C1)c1ccc[n+]([O-])c1. The van der Waals surface area contributed by atoms with Gasteiger partial charge in [0.25, 0.3) is 11.5 Å². The zero-order valence-corrected chi connectivity index (χ0v) is 11.2. The highest BCUT2D eigenvalue weighted by atomic mass is 16.5. The Bertz CT molecular complexity index is 741. The molecule has 1 unspecified atom stereocenters. The van der Waals surface area contributed by atoms with Crippen molar-refractivity contribution in [3.63, 3.8) is 0 Å². The molecule has 2 N–H and O–H groups in total. The fourth-order valence-corrected chi connectivity index (χ4v) is 2.52. The van der Waals surface area contributed by atoms with Gasteiger partial charge in [-0.2, -0.15) is 9.83 Å². The topological polar surface area (TPSA) is 102 Å². The Balaban J connectivity index is 1.72. The molecule has 0 aliphatic heterocycles. The van der Waals surface area contributed by atoms with Crippen molar-refractivity contribution in [1.29, 1.82) is 0 Å². The number of aromatic nitrogens is 3. The normalized spacial score (nSPS) is 17.0. The van der Waals surface area contributed by atoms with E-state index in [1.54, 1.807) is 6.07 Å². The lowest BCUT2D eigenvalue weighted by molar-refractivity contribution is -0.605. The zero-order chi connectivity index (χ0) is 14.8. The first-order valence-electron chi connectivity index (χ1n) is 6.69. The summed E-state index contributed by atoms with van der Waals surface area (Å²) in [7, 11) is 0. The number of aromatic amines is 1. The van der Waals surface area contributed by atoms with E-state index in [0.717, 1.165) is 17.7 Å². The van der Waals surface area contributed by atoms with Crippen molar-refractivity contribution in [1.82, 2.24) is 15.5 Å². The van der Waals surface area contributed by atoms with E-state index >= 15 is 0 Å². The van der Waals surface area contributed by atoms with Crippen LogP contribution in [0.4, 0.5) is 0 Å². The predicted molar refractivity (Wildman–Crippen MR) is 73.5 cm³/mol. The maximum Gasteiger partial charge on any atom is 0.264 e. The van der Waals surface area contributed by atoms with Crippen molar-refractivity contribution >= 4 is 5.91 Å². The average molecular weight is 286 g/mol. The van der Waals surface area contributed by atoms with Crippen molar-refractivity contribution in [3.05, 3.63) is 63.0 Å². The molecule has 1 amide bonds. The lowest BCUT2D eigenvalue weighted by Gasteiger charge is -2.24. The van der Waals surface area contributed by atoms with Crippen LogP contribution in [-0.2, 0) is 12.8 Å². The Hall–Kier alpha value is -2.70. The van der Waals surface area contributed by atoms with Crippen LogP contribution in [0.3, 0.4) is 0 Å². The van der Waals surface area contributed by atoms with E-state index in [1.165, 1.54) is 24.5 Å². The van der Waals surface area contributed by atoms with Crippen LogP contribution < -0.4 is 15.6 Å². The second kappa shape index (κ2) is 5.35. The summed E-state index contributed by atoms with van der Waals surface area (Å²) in [5, 5.41) is 20.5. The van der Waals surface area contributed by atoms with Gasteiger partial charge in [-0.25, -0.2) is 5.10 Å². The first kappa shape index (κ1) is 13.3. The number of carbonyl (C=O) groups is 1. The fourth-order valence-electron chi connectivity index (χ4n) is 2.52. The molecule has 1 aliphatic rings. The van der Waals surface area contributed by atoms with E-state index in [-0.39, 0.29) is 17.5 Å². The Morgan fingerprint density at radius 2 is 2.38 bits per heavy atom. The molecule has 21 heavy (non-hydrogen) atoms. The van der Waals surface area contributed by atoms with Crippen molar-refractivity contribution in [2.24, 2.45) is 0 Å². The number of nitrogens with zero attached hydrogens (tertiary/aromatic N) is 2. The lowest BCUT2D eigenvalue weighted by atomic mass is 9.92. The molecule has 0 radical (unpaired) electrons. The first-order valence-corrected chi connectivity index (χ1v) is 6.69. The maximum absolute atomic E-state index is 12.1. The maximum atomic E-state index is 12.1. The largest absolute Gasteiger partial charge is 0.619 e. The highest BCUT2D eigenvalue weighted by Crippen LogP contribution is 2.17.